The summed E-state index contributed by atoms with van der Waals surface area (Å²) in [6.07, 6.45) is 0. The molecular weight excluding hydrogens is 246 g/mol. The Morgan fingerprint density at radius 1 is 1.53 bits per heavy atom. The van der Waals surface area contributed by atoms with Crippen molar-refractivity contribution in [1.82, 2.24) is 20.2 Å². The van der Waals surface area contributed by atoms with E-state index in [0.29, 0.717) is 11.6 Å². The van der Waals surface area contributed by atoms with Gasteiger partial charge in [-0.05, 0) is 28.6 Å². The highest BCUT2D eigenvalue weighted by Gasteiger charge is 2.10. The predicted octanol–water partition coefficient (Wildman–Crippen LogP) is 1.31. The highest BCUT2D eigenvalue weighted by Crippen LogP contribution is 2.22. The van der Waals surface area contributed by atoms with Crippen LogP contribution in [0.1, 0.15) is 10.4 Å². The van der Waals surface area contributed by atoms with Crippen LogP contribution in [0.5, 0.6) is 0 Å². The molecule has 1 aromatic carbocycles. The molecule has 0 unspecified atom stereocenters. The van der Waals surface area contributed by atoms with E-state index in [1.807, 2.05) is 0 Å². The molecule has 0 fully saturated rings. The van der Waals surface area contributed by atoms with Crippen molar-refractivity contribution in [3.8, 4) is 0 Å². The van der Waals surface area contributed by atoms with E-state index in [1.165, 1.54) is 16.8 Å². The topological polar surface area (TPSA) is 92.9 Å². The highest BCUT2D eigenvalue weighted by atomic mass is 35.5. The lowest BCUT2D eigenvalue weighted by Crippen LogP contribution is -2.02. The van der Waals surface area contributed by atoms with Crippen molar-refractivity contribution < 1.29 is 9.90 Å². The van der Waals surface area contributed by atoms with Crippen molar-refractivity contribution in [2.24, 2.45) is 7.05 Å². The normalized spacial score (nSPS) is 10.2. The van der Waals surface area contributed by atoms with Crippen LogP contribution >= 0.6 is 11.6 Å². The Kier molecular flexibility index (Phi) is 2.92. The van der Waals surface area contributed by atoms with E-state index in [4.69, 9.17) is 16.7 Å². The maximum Gasteiger partial charge on any atom is 0.337 e. The Bertz CT molecular complexity index is 568. The van der Waals surface area contributed by atoms with Gasteiger partial charge in [-0.15, -0.1) is 0 Å². The molecule has 2 rings (SSSR count). The second-order valence-electron chi connectivity index (χ2n) is 3.25. The summed E-state index contributed by atoms with van der Waals surface area (Å²) >= 11 is 5.83. The number of carboxylic acid groups (broad SMARTS) is 1. The monoisotopic (exact) mass is 253 g/mol. The van der Waals surface area contributed by atoms with Crippen molar-refractivity contribution in [2.45, 2.75) is 0 Å². The van der Waals surface area contributed by atoms with E-state index < -0.39 is 5.97 Å². The Balaban J connectivity index is 2.27. The zero-order valence-corrected chi connectivity index (χ0v) is 9.51. The second-order valence-corrected chi connectivity index (χ2v) is 3.66. The Morgan fingerprint density at radius 3 is 2.82 bits per heavy atom. The van der Waals surface area contributed by atoms with Gasteiger partial charge in [-0.2, -0.15) is 0 Å². The highest BCUT2D eigenvalue weighted by molar-refractivity contribution is 6.33. The van der Waals surface area contributed by atoms with Crippen LogP contribution in [-0.2, 0) is 7.05 Å². The average Bonchev–Trinajstić information content (AvgIpc) is 2.64. The number of aromatic carboxylic acids is 1. The molecule has 2 N–H and O–H groups in total. The maximum atomic E-state index is 10.8. The smallest absolute Gasteiger partial charge is 0.337 e. The molecule has 0 aliphatic carbocycles. The molecule has 1 heterocycles. The molecule has 0 aliphatic rings. The maximum absolute atomic E-state index is 10.8. The molecule has 0 spiro atoms. The minimum atomic E-state index is -1.07. The van der Waals surface area contributed by atoms with Gasteiger partial charge >= 0.3 is 5.97 Å². The lowest BCUT2D eigenvalue weighted by atomic mass is 10.2. The standard InChI is InChI=1S/C9H8ClN5O2/c1-15-9(12-13-14-15)11-5-2-3-6(8(16)17)7(10)4-5/h2-4H,1H3,(H,16,17)(H,11,12,14). The van der Waals surface area contributed by atoms with Crippen molar-refractivity contribution in [3.05, 3.63) is 28.8 Å². The number of nitrogens with zero attached hydrogens (tertiary/aromatic N) is 4. The van der Waals surface area contributed by atoms with Crippen molar-refractivity contribution in [2.75, 3.05) is 5.32 Å². The molecule has 1 aromatic heterocycles. The van der Waals surface area contributed by atoms with Crippen LogP contribution in [0.2, 0.25) is 5.02 Å². The van der Waals surface area contributed by atoms with Gasteiger partial charge in [0.15, 0.2) is 0 Å². The number of aromatic nitrogens is 4. The van der Waals surface area contributed by atoms with E-state index in [0.717, 1.165) is 0 Å². The number of carboxylic acids is 1. The number of aryl methyl sites for hydroxylation is 1. The zero-order valence-electron chi connectivity index (χ0n) is 8.75. The van der Waals surface area contributed by atoms with Crippen LogP contribution in [0, 0.1) is 0 Å². The minimum Gasteiger partial charge on any atom is -0.478 e. The summed E-state index contributed by atoms with van der Waals surface area (Å²) in [6, 6.07) is 4.50. The second kappa shape index (κ2) is 4.38. The van der Waals surface area contributed by atoms with Crippen LogP contribution in [0.4, 0.5) is 11.6 Å². The fraction of sp³-hybridized carbons (Fsp3) is 0.111. The molecule has 8 heteroatoms. The van der Waals surface area contributed by atoms with Crippen LogP contribution < -0.4 is 5.32 Å². The molecule has 0 saturated heterocycles. The SMILES string of the molecule is Cn1nnnc1Nc1ccc(C(=O)O)c(Cl)c1. The van der Waals surface area contributed by atoms with Crippen molar-refractivity contribution >= 4 is 29.2 Å². The van der Waals surface area contributed by atoms with Crippen LogP contribution in [0.3, 0.4) is 0 Å². The minimum absolute atomic E-state index is 0.0494. The quantitative estimate of drug-likeness (QED) is 0.857. The number of benzene rings is 1. The summed E-state index contributed by atoms with van der Waals surface area (Å²) in [5.41, 5.74) is 0.659. The largest absolute Gasteiger partial charge is 0.478 e. The summed E-state index contributed by atoms with van der Waals surface area (Å²) < 4.78 is 1.44. The van der Waals surface area contributed by atoms with Gasteiger partial charge in [0.25, 0.3) is 0 Å². The van der Waals surface area contributed by atoms with Gasteiger partial charge in [0.1, 0.15) is 0 Å². The number of nitrogens with one attached hydrogen (secondary N) is 1. The molecular formula is C9H8ClN5O2. The fourth-order valence-electron chi connectivity index (χ4n) is 1.23. The number of anilines is 2. The van der Waals surface area contributed by atoms with E-state index in [1.54, 1.807) is 13.1 Å². The van der Waals surface area contributed by atoms with Gasteiger partial charge in [-0.3, -0.25) is 0 Å². The molecule has 7 nitrogen and oxygen atoms in total. The first-order chi connectivity index (χ1) is 8.08. The van der Waals surface area contributed by atoms with Gasteiger partial charge < -0.3 is 10.4 Å². The molecule has 88 valence electrons. The Labute approximate surface area is 101 Å². The van der Waals surface area contributed by atoms with E-state index in [2.05, 4.69) is 20.8 Å². The first kappa shape index (κ1) is 11.3. The van der Waals surface area contributed by atoms with E-state index >= 15 is 0 Å². The molecule has 2 aromatic rings. The average molecular weight is 254 g/mol. The molecule has 17 heavy (non-hydrogen) atoms. The summed E-state index contributed by atoms with van der Waals surface area (Å²) in [5.74, 6) is -0.633. The first-order valence-electron chi connectivity index (χ1n) is 4.60. The summed E-state index contributed by atoms with van der Waals surface area (Å²) in [6.45, 7) is 0. The van der Waals surface area contributed by atoms with Crippen LogP contribution in [0.25, 0.3) is 0 Å². The third kappa shape index (κ3) is 2.34. The number of carbonyl (C=O) groups is 1. The fourth-order valence-corrected chi connectivity index (χ4v) is 1.49. The summed E-state index contributed by atoms with van der Waals surface area (Å²) in [5, 5.41) is 22.7. The third-order valence-corrected chi connectivity index (χ3v) is 2.39. The molecule has 0 saturated carbocycles. The van der Waals surface area contributed by atoms with Crippen LogP contribution in [0.15, 0.2) is 18.2 Å². The zero-order chi connectivity index (χ0) is 12.4. The van der Waals surface area contributed by atoms with Gasteiger partial charge in [0, 0.05) is 12.7 Å². The third-order valence-electron chi connectivity index (χ3n) is 2.08. The van der Waals surface area contributed by atoms with Gasteiger partial charge in [-0.25, -0.2) is 9.48 Å². The molecule has 0 bridgehead atoms. The molecule has 0 aliphatic heterocycles. The number of halogens is 1. The predicted molar refractivity (Wildman–Crippen MR) is 60.5 cm³/mol. The first-order valence-corrected chi connectivity index (χ1v) is 4.98. The van der Waals surface area contributed by atoms with Gasteiger partial charge in [0.2, 0.25) is 5.95 Å². The molecule has 0 atom stereocenters. The van der Waals surface area contributed by atoms with Crippen molar-refractivity contribution in [3.63, 3.8) is 0 Å². The number of hydrogen-bond donors (Lipinski definition) is 2. The molecule has 0 radical (unpaired) electrons. The Morgan fingerprint density at radius 2 is 2.29 bits per heavy atom. The van der Waals surface area contributed by atoms with E-state index in [-0.39, 0.29) is 10.6 Å². The van der Waals surface area contributed by atoms with Gasteiger partial charge in [0.05, 0.1) is 10.6 Å². The molecule has 0 amide bonds. The van der Waals surface area contributed by atoms with Gasteiger partial charge in [-0.1, -0.05) is 16.7 Å². The number of tetrazole rings is 1. The summed E-state index contributed by atoms with van der Waals surface area (Å²) in [7, 11) is 1.68. The number of hydrogen-bond acceptors (Lipinski definition) is 5. The lowest BCUT2D eigenvalue weighted by molar-refractivity contribution is 0.0697. The summed E-state index contributed by atoms with van der Waals surface area (Å²) in [4.78, 5) is 10.8. The lowest BCUT2D eigenvalue weighted by Gasteiger charge is -2.05. The van der Waals surface area contributed by atoms with Crippen molar-refractivity contribution in [1.29, 1.82) is 0 Å². The van der Waals surface area contributed by atoms with E-state index in [9.17, 15) is 4.79 Å². The Hall–Kier alpha value is -2.15. The van der Waals surface area contributed by atoms with Crippen LogP contribution in [-0.4, -0.2) is 31.3 Å². The number of rotatable bonds is 3.